The molecule has 5 nitrogen and oxygen atoms in total. The molecule has 1 heterocycles. The number of ether oxygens (including phenoxy) is 1. The summed E-state index contributed by atoms with van der Waals surface area (Å²) in [5.74, 6) is 0.781. The monoisotopic (exact) mass is 274 g/mol. The van der Waals surface area contributed by atoms with Gasteiger partial charge in [-0.25, -0.2) is 0 Å². The zero-order valence-corrected chi connectivity index (χ0v) is 11.2. The van der Waals surface area contributed by atoms with E-state index >= 15 is 0 Å². The van der Waals surface area contributed by atoms with Crippen molar-refractivity contribution in [3.05, 3.63) is 29.8 Å². The second-order valence-electron chi connectivity index (χ2n) is 5.33. The van der Waals surface area contributed by atoms with E-state index in [9.17, 15) is 9.59 Å². The molecule has 0 radical (unpaired) electrons. The van der Waals surface area contributed by atoms with Gasteiger partial charge in [0.05, 0.1) is 18.4 Å². The van der Waals surface area contributed by atoms with Crippen LogP contribution in [-0.2, 0) is 16.1 Å². The number of piperidine rings is 1. The van der Waals surface area contributed by atoms with Crippen molar-refractivity contribution in [2.45, 2.75) is 19.4 Å². The van der Waals surface area contributed by atoms with E-state index in [-0.39, 0.29) is 23.7 Å². The Morgan fingerprint density at radius 3 is 2.40 bits per heavy atom. The molecule has 2 fully saturated rings. The number of amides is 2. The fourth-order valence-corrected chi connectivity index (χ4v) is 2.60. The summed E-state index contributed by atoms with van der Waals surface area (Å²) in [6, 6.07) is 7.61. The van der Waals surface area contributed by atoms with Gasteiger partial charge in [-0.15, -0.1) is 0 Å². The summed E-state index contributed by atoms with van der Waals surface area (Å²) in [7, 11) is 0. The second-order valence-corrected chi connectivity index (χ2v) is 5.33. The van der Waals surface area contributed by atoms with Crippen LogP contribution in [0.4, 0.5) is 0 Å². The van der Waals surface area contributed by atoms with Crippen molar-refractivity contribution in [1.82, 2.24) is 4.90 Å². The third-order valence-corrected chi connectivity index (χ3v) is 3.91. The number of fused-ring (bicyclic) bond motifs is 1. The Hall–Kier alpha value is -1.88. The highest BCUT2D eigenvalue weighted by Gasteiger charge is 2.58. The molecule has 2 aliphatic rings. The minimum atomic E-state index is -0.00720. The normalized spacial score (nSPS) is 23.9. The molecular formula is C15H18N2O3. The maximum absolute atomic E-state index is 11.7. The van der Waals surface area contributed by atoms with Crippen LogP contribution in [0.25, 0.3) is 0 Å². The lowest BCUT2D eigenvalue weighted by molar-refractivity contribution is -0.141. The molecule has 2 unspecified atom stereocenters. The van der Waals surface area contributed by atoms with Gasteiger partial charge in [0, 0.05) is 13.1 Å². The third-order valence-electron chi connectivity index (χ3n) is 3.91. The highest BCUT2D eigenvalue weighted by atomic mass is 16.5. The van der Waals surface area contributed by atoms with Crippen molar-refractivity contribution in [3.8, 4) is 5.75 Å². The minimum Gasteiger partial charge on any atom is -0.494 e. The summed E-state index contributed by atoms with van der Waals surface area (Å²) >= 11 is 0. The Morgan fingerprint density at radius 1 is 1.15 bits per heavy atom. The van der Waals surface area contributed by atoms with Crippen molar-refractivity contribution in [1.29, 1.82) is 0 Å². The van der Waals surface area contributed by atoms with Crippen molar-refractivity contribution >= 4 is 11.8 Å². The smallest absolute Gasteiger partial charge is 0.233 e. The third kappa shape index (κ3) is 2.41. The minimum absolute atomic E-state index is 0.00676. The van der Waals surface area contributed by atoms with Crippen molar-refractivity contribution in [3.63, 3.8) is 0 Å². The fourth-order valence-electron chi connectivity index (χ4n) is 2.60. The Kier molecular flexibility index (Phi) is 3.44. The van der Waals surface area contributed by atoms with Gasteiger partial charge in [0.2, 0.25) is 11.8 Å². The molecule has 1 saturated carbocycles. The van der Waals surface area contributed by atoms with E-state index in [0.717, 1.165) is 17.7 Å². The molecule has 2 atom stereocenters. The largest absolute Gasteiger partial charge is 0.494 e. The van der Waals surface area contributed by atoms with E-state index in [2.05, 4.69) is 0 Å². The first-order valence-electron chi connectivity index (χ1n) is 6.97. The molecule has 5 heteroatoms. The Morgan fingerprint density at radius 2 is 1.80 bits per heavy atom. The van der Waals surface area contributed by atoms with E-state index < -0.39 is 0 Å². The predicted molar refractivity (Wildman–Crippen MR) is 72.8 cm³/mol. The number of carbonyl (C=O) groups excluding carboxylic acids is 2. The zero-order chi connectivity index (χ0) is 14.1. The molecule has 2 N–H and O–H groups in total. The van der Waals surface area contributed by atoms with Crippen LogP contribution in [-0.4, -0.2) is 29.9 Å². The highest BCUT2D eigenvalue weighted by Crippen LogP contribution is 2.46. The summed E-state index contributed by atoms with van der Waals surface area (Å²) in [5.41, 5.74) is 6.58. The van der Waals surface area contributed by atoms with E-state index in [0.29, 0.717) is 26.1 Å². The van der Waals surface area contributed by atoms with Crippen LogP contribution in [0.2, 0.25) is 0 Å². The average Bonchev–Trinajstić information content (AvgIpc) is 3.23. The first-order chi connectivity index (χ1) is 9.70. The van der Waals surface area contributed by atoms with E-state index in [1.807, 2.05) is 24.3 Å². The van der Waals surface area contributed by atoms with Gasteiger partial charge in [0.25, 0.3) is 0 Å². The number of nitrogens with zero attached hydrogens (tertiary/aromatic N) is 1. The SMILES string of the molecule is NCc1ccc(OCCCN2C(=O)C3CC3C2=O)cc1. The number of hydrogen-bond acceptors (Lipinski definition) is 4. The number of nitrogens with two attached hydrogens (primary N) is 1. The molecule has 0 spiro atoms. The molecular weight excluding hydrogens is 256 g/mol. The van der Waals surface area contributed by atoms with Crippen molar-refractivity contribution < 1.29 is 14.3 Å². The quantitative estimate of drug-likeness (QED) is 0.618. The number of carbonyl (C=O) groups is 2. The molecule has 106 valence electrons. The maximum Gasteiger partial charge on any atom is 0.233 e. The van der Waals surface area contributed by atoms with E-state index in [4.69, 9.17) is 10.5 Å². The number of likely N-dealkylation sites (tertiary alicyclic amines) is 1. The second kappa shape index (κ2) is 5.25. The van der Waals surface area contributed by atoms with Gasteiger partial charge >= 0.3 is 0 Å². The lowest BCUT2D eigenvalue weighted by Crippen LogP contribution is -2.34. The molecule has 0 bridgehead atoms. The highest BCUT2D eigenvalue weighted by molar-refractivity contribution is 6.08. The molecule has 1 aromatic carbocycles. The van der Waals surface area contributed by atoms with E-state index in [1.165, 1.54) is 4.90 Å². The molecule has 2 amide bonds. The number of benzene rings is 1. The Bertz CT molecular complexity index is 506. The molecule has 1 saturated heterocycles. The lowest BCUT2D eigenvalue weighted by atomic mass is 10.2. The van der Waals surface area contributed by atoms with Crippen molar-refractivity contribution in [2.24, 2.45) is 17.6 Å². The lowest BCUT2D eigenvalue weighted by Gasteiger charge is -2.16. The molecule has 1 aliphatic carbocycles. The molecule has 1 aromatic rings. The van der Waals surface area contributed by atoms with Gasteiger partial charge in [-0.05, 0) is 30.5 Å². The van der Waals surface area contributed by atoms with Crippen LogP contribution in [0, 0.1) is 11.8 Å². The summed E-state index contributed by atoms with van der Waals surface area (Å²) in [6.07, 6.45) is 1.42. The van der Waals surface area contributed by atoms with Gasteiger partial charge in [0.1, 0.15) is 5.75 Å². The molecule has 20 heavy (non-hydrogen) atoms. The van der Waals surface area contributed by atoms with Crippen LogP contribution in [0.15, 0.2) is 24.3 Å². The first-order valence-corrected chi connectivity index (χ1v) is 6.97. The summed E-state index contributed by atoms with van der Waals surface area (Å²) in [6.45, 7) is 1.47. The van der Waals surface area contributed by atoms with Gasteiger partial charge < -0.3 is 10.5 Å². The Balaban J connectivity index is 1.42. The Labute approximate surface area is 117 Å². The van der Waals surface area contributed by atoms with Crippen LogP contribution in [0.3, 0.4) is 0 Å². The topological polar surface area (TPSA) is 72.6 Å². The molecule has 0 aromatic heterocycles. The van der Waals surface area contributed by atoms with Crippen LogP contribution in [0.1, 0.15) is 18.4 Å². The fraction of sp³-hybridized carbons (Fsp3) is 0.467. The number of hydrogen-bond donors (Lipinski definition) is 1. The number of rotatable bonds is 6. The molecule has 1 aliphatic heterocycles. The van der Waals surface area contributed by atoms with E-state index in [1.54, 1.807) is 0 Å². The van der Waals surface area contributed by atoms with Gasteiger partial charge in [-0.1, -0.05) is 12.1 Å². The van der Waals surface area contributed by atoms with Crippen LogP contribution < -0.4 is 10.5 Å². The van der Waals surface area contributed by atoms with Gasteiger partial charge in [-0.2, -0.15) is 0 Å². The number of imide groups is 1. The van der Waals surface area contributed by atoms with Crippen molar-refractivity contribution in [2.75, 3.05) is 13.2 Å². The summed E-state index contributed by atoms with van der Waals surface area (Å²) in [4.78, 5) is 24.9. The zero-order valence-electron chi connectivity index (χ0n) is 11.2. The molecule has 3 rings (SSSR count). The first kappa shape index (κ1) is 13.1. The van der Waals surface area contributed by atoms with Gasteiger partial charge in [-0.3, -0.25) is 14.5 Å². The van der Waals surface area contributed by atoms with Gasteiger partial charge in [0.15, 0.2) is 0 Å². The summed E-state index contributed by atoms with van der Waals surface area (Å²) < 4.78 is 5.58. The van der Waals surface area contributed by atoms with Crippen LogP contribution in [0.5, 0.6) is 5.75 Å². The maximum atomic E-state index is 11.7. The predicted octanol–water partition coefficient (Wildman–Crippen LogP) is 0.919. The standard InChI is InChI=1S/C15H18N2O3/c16-9-10-2-4-11(5-3-10)20-7-1-6-17-14(18)12-8-13(12)15(17)19/h2-5,12-13H,1,6-9,16H2. The average molecular weight is 274 g/mol. The van der Waals surface area contributed by atoms with Crippen LogP contribution >= 0.6 is 0 Å². The summed E-state index contributed by atoms with van der Waals surface area (Å²) in [5, 5.41) is 0.